The highest BCUT2D eigenvalue weighted by atomic mass is 19.1. The Morgan fingerprint density at radius 3 is 2.33 bits per heavy atom. The Hall–Kier alpha value is -2.16. The van der Waals surface area contributed by atoms with Gasteiger partial charge in [-0.15, -0.1) is 5.16 Å². The highest BCUT2D eigenvalue weighted by molar-refractivity contribution is 5.67. The van der Waals surface area contributed by atoms with E-state index in [1.54, 1.807) is 12.1 Å². The second kappa shape index (κ2) is 5.96. The third-order valence-corrected chi connectivity index (χ3v) is 2.84. The molecule has 0 fully saturated rings. The molecule has 0 aliphatic carbocycles. The summed E-state index contributed by atoms with van der Waals surface area (Å²) in [5.41, 5.74) is 2.07. The van der Waals surface area contributed by atoms with Gasteiger partial charge in [0.2, 0.25) is 0 Å². The van der Waals surface area contributed by atoms with Crippen molar-refractivity contribution in [2.24, 2.45) is 5.16 Å². The van der Waals surface area contributed by atoms with Gasteiger partial charge in [-0.25, -0.2) is 4.39 Å². The number of rotatable bonds is 4. The van der Waals surface area contributed by atoms with Crippen molar-refractivity contribution in [2.75, 3.05) is 0 Å². The van der Waals surface area contributed by atoms with Crippen LogP contribution in [0.5, 0.6) is 0 Å². The quantitative estimate of drug-likeness (QED) is 0.496. The molecule has 1 N–H and O–H groups in total. The van der Waals surface area contributed by atoms with Crippen molar-refractivity contribution in [1.82, 2.24) is 0 Å². The molecule has 1 unspecified atom stereocenters. The van der Waals surface area contributed by atoms with E-state index in [4.69, 9.17) is 5.21 Å². The molecule has 2 aromatic carbocycles. The first kappa shape index (κ1) is 12.3. The molecule has 0 bridgehead atoms. The lowest BCUT2D eigenvalue weighted by Gasteiger charge is -2.12. The molecule has 0 amide bonds. The van der Waals surface area contributed by atoms with Gasteiger partial charge in [0.25, 0.3) is 0 Å². The van der Waals surface area contributed by atoms with Gasteiger partial charge in [0, 0.05) is 5.92 Å². The Bertz CT molecular complexity index is 508. The van der Waals surface area contributed by atoms with Crippen molar-refractivity contribution in [3.8, 4) is 0 Å². The average Bonchev–Trinajstić information content (AvgIpc) is 2.40. The summed E-state index contributed by atoms with van der Waals surface area (Å²) in [6.45, 7) is 0. The van der Waals surface area contributed by atoms with Gasteiger partial charge in [0.05, 0.1) is 6.21 Å². The Morgan fingerprint density at radius 2 is 1.72 bits per heavy atom. The minimum absolute atomic E-state index is 0.0574. The van der Waals surface area contributed by atoms with Crippen LogP contribution in [0.2, 0.25) is 0 Å². The van der Waals surface area contributed by atoms with E-state index in [0.29, 0.717) is 0 Å². The lowest BCUT2D eigenvalue weighted by atomic mass is 9.93. The second-order valence-electron chi connectivity index (χ2n) is 4.11. The summed E-state index contributed by atoms with van der Waals surface area (Å²) in [5.74, 6) is -0.323. The molecule has 0 spiro atoms. The van der Waals surface area contributed by atoms with E-state index in [2.05, 4.69) is 5.16 Å². The minimum atomic E-state index is -0.266. The number of oxime groups is 1. The topological polar surface area (TPSA) is 32.6 Å². The largest absolute Gasteiger partial charge is 0.411 e. The van der Waals surface area contributed by atoms with E-state index in [-0.39, 0.29) is 11.7 Å². The molecular weight excluding hydrogens is 229 g/mol. The van der Waals surface area contributed by atoms with Gasteiger partial charge in [-0.1, -0.05) is 42.5 Å². The zero-order valence-electron chi connectivity index (χ0n) is 9.83. The zero-order chi connectivity index (χ0) is 12.8. The molecule has 0 saturated carbocycles. The van der Waals surface area contributed by atoms with Crippen LogP contribution in [0.25, 0.3) is 0 Å². The van der Waals surface area contributed by atoms with E-state index < -0.39 is 0 Å². The van der Waals surface area contributed by atoms with Gasteiger partial charge in [-0.3, -0.25) is 0 Å². The van der Waals surface area contributed by atoms with Crippen molar-refractivity contribution in [1.29, 1.82) is 0 Å². The number of nitrogens with zero attached hydrogens (tertiary/aromatic N) is 1. The third-order valence-electron chi connectivity index (χ3n) is 2.84. The summed E-state index contributed by atoms with van der Waals surface area (Å²) in [7, 11) is 0. The summed E-state index contributed by atoms with van der Waals surface area (Å²) in [5, 5.41) is 11.8. The molecule has 92 valence electrons. The van der Waals surface area contributed by atoms with Crippen LogP contribution in [-0.2, 0) is 6.42 Å². The van der Waals surface area contributed by atoms with Gasteiger partial charge in [-0.2, -0.15) is 0 Å². The van der Waals surface area contributed by atoms with Crippen molar-refractivity contribution in [3.05, 3.63) is 71.5 Å². The van der Waals surface area contributed by atoms with Crippen molar-refractivity contribution in [2.45, 2.75) is 12.3 Å². The molecule has 0 aliphatic rings. The smallest absolute Gasteiger partial charge is 0.123 e. The average molecular weight is 243 g/mol. The fourth-order valence-corrected chi connectivity index (χ4v) is 1.92. The van der Waals surface area contributed by atoms with E-state index in [9.17, 15) is 4.39 Å². The SMILES string of the molecule is ON=CC(Cc1ccccc1)c1ccc(F)cc1. The monoisotopic (exact) mass is 243 g/mol. The first-order chi connectivity index (χ1) is 8.79. The number of benzene rings is 2. The van der Waals surface area contributed by atoms with Crippen LogP contribution >= 0.6 is 0 Å². The van der Waals surface area contributed by atoms with Crippen molar-refractivity contribution < 1.29 is 9.60 Å². The van der Waals surface area contributed by atoms with Crippen LogP contribution < -0.4 is 0 Å². The normalized spacial score (nSPS) is 12.7. The standard InChI is InChI=1S/C15H14FNO/c16-15-8-6-13(7-9-15)14(11-17-18)10-12-4-2-1-3-5-12/h1-9,11,14,18H,10H2. The summed E-state index contributed by atoms with van der Waals surface area (Å²) >= 11 is 0. The Kier molecular flexibility index (Phi) is 4.07. The summed E-state index contributed by atoms with van der Waals surface area (Å²) < 4.78 is 12.9. The summed E-state index contributed by atoms with van der Waals surface area (Å²) in [6, 6.07) is 16.2. The Morgan fingerprint density at radius 1 is 1.06 bits per heavy atom. The molecular formula is C15H14FNO. The van der Waals surface area contributed by atoms with E-state index in [1.165, 1.54) is 18.3 Å². The highest BCUT2D eigenvalue weighted by Gasteiger charge is 2.10. The number of halogens is 1. The fraction of sp³-hybridized carbons (Fsp3) is 0.133. The molecule has 1 atom stereocenters. The molecule has 2 nitrogen and oxygen atoms in total. The molecule has 0 saturated heterocycles. The Balaban J connectivity index is 2.21. The van der Waals surface area contributed by atoms with E-state index in [0.717, 1.165) is 17.5 Å². The fourth-order valence-electron chi connectivity index (χ4n) is 1.92. The van der Waals surface area contributed by atoms with Crippen molar-refractivity contribution >= 4 is 6.21 Å². The Labute approximate surface area is 105 Å². The van der Waals surface area contributed by atoms with Crippen LogP contribution in [0.3, 0.4) is 0 Å². The number of hydrogen-bond donors (Lipinski definition) is 1. The molecule has 0 heterocycles. The zero-order valence-corrected chi connectivity index (χ0v) is 9.83. The van der Waals surface area contributed by atoms with E-state index >= 15 is 0 Å². The molecule has 2 aromatic rings. The van der Waals surface area contributed by atoms with Crippen LogP contribution in [0.1, 0.15) is 17.0 Å². The maximum atomic E-state index is 12.9. The molecule has 3 heteroatoms. The van der Waals surface area contributed by atoms with Crippen LogP contribution in [0.15, 0.2) is 59.8 Å². The third kappa shape index (κ3) is 3.17. The molecule has 0 aliphatic heterocycles. The van der Waals surface area contributed by atoms with Gasteiger partial charge in [-0.05, 0) is 29.7 Å². The van der Waals surface area contributed by atoms with Gasteiger partial charge in [0.1, 0.15) is 5.82 Å². The maximum absolute atomic E-state index is 12.9. The van der Waals surface area contributed by atoms with Crippen LogP contribution in [-0.4, -0.2) is 11.4 Å². The first-order valence-corrected chi connectivity index (χ1v) is 5.76. The van der Waals surface area contributed by atoms with Gasteiger partial charge >= 0.3 is 0 Å². The lowest BCUT2D eigenvalue weighted by molar-refractivity contribution is 0.319. The van der Waals surface area contributed by atoms with Crippen molar-refractivity contribution in [3.63, 3.8) is 0 Å². The summed E-state index contributed by atoms with van der Waals surface area (Å²) in [6.07, 6.45) is 2.19. The van der Waals surface area contributed by atoms with Crippen LogP contribution in [0.4, 0.5) is 4.39 Å². The van der Waals surface area contributed by atoms with Gasteiger partial charge < -0.3 is 5.21 Å². The summed E-state index contributed by atoms with van der Waals surface area (Å²) in [4.78, 5) is 0. The predicted molar refractivity (Wildman–Crippen MR) is 69.6 cm³/mol. The molecule has 2 rings (SSSR count). The van der Waals surface area contributed by atoms with Crippen LogP contribution in [0, 0.1) is 5.82 Å². The molecule has 18 heavy (non-hydrogen) atoms. The highest BCUT2D eigenvalue weighted by Crippen LogP contribution is 2.19. The lowest BCUT2D eigenvalue weighted by Crippen LogP contribution is -2.04. The number of hydrogen-bond acceptors (Lipinski definition) is 2. The molecule has 0 aromatic heterocycles. The van der Waals surface area contributed by atoms with Gasteiger partial charge in [0.15, 0.2) is 0 Å². The van der Waals surface area contributed by atoms with E-state index in [1.807, 2.05) is 30.3 Å². The first-order valence-electron chi connectivity index (χ1n) is 5.76. The molecule has 0 radical (unpaired) electrons. The predicted octanol–water partition coefficient (Wildman–Crippen LogP) is 3.61. The maximum Gasteiger partial charge on any atom is 0.123 e. The minimum Gasteiger partial charge on any atom is -0.411 e. The second-order valence-corrected chi connectivity index (χ2v) is 4.11.